The number of likely N-dealkylation sites (tertiary alicyclic amines) is 1. The monoisotopic (exact) mass is 429 g/mol. The van der Waals surface area contributed by atoms with Gasteiger partial charge in [0, 0.05) is 32.1 Å². The van der Waals surface area contributed by atoms with Crippen molar-refractivity contribution in [3.63, 3.8) is 0 Å². The molecule has 0 radical (unpaired) electrons. The lowest BCUT2D eigenvalue weighted by atomic mass is 9.93. The average molecular weight is 430 g/mol. The van der Waals surface area contributed by atoms with Gasteiger partial charge in [-0.25, -0.2) is 8.42 Å². The van der Waals surface area contributed by atoms with Crippen molar-refractivity contribution in [1.82, 2.24) is 14.5 Å². The Bertz CT molecular complexity index is 744. The van der Waals surface area contributed by atoms with Gasteiger partial charge >= 0.3 is 0 Å². The van der Waals surface area contributed by atoms with Crippen LogP contribution in [0.15, 0.2) is 29.2 Å². The lowest BCUT2D eigenvalue weighted by Crippen LogP contribution is -2.48. The van der Waals surface area contributed by atoms with Crippen LogP contribution in [0.5, 0.6) is 0 Å². The van der Waals surface area contributed by atoms with E-state index >= 15 is 0 Å². The summed E-state index contributed by atoms with van der Waals surface area (Å²) in [6.07, 6.45) is 3.44. The Hall–Kier alpha value is -1.15. The molecule has 0 aliphatic carbocycles. The second kappa shape index (κ2) is 10.1. The molecule has 158 valence electrons. The summed E-state index contributed by atoms with van der Waals surface area (Å²) in [5.41, 5.74) is 1.04. The molecule has 1 unspecified atom stereocenters. The van der Waals surface area contributed by atoms with Gasteiger partial charge in [0.05, 0.1) is 4.90 Å². The van der Waals surface area contributed by atoms with Gasteiger partial charge in [-0.3, -0.25) is 4.79 Å². The van der Waals surface area contributed by atoms with Crippen molar-refractivity contribution in [1.29, 1.82) is 0 Å². The lowest BCUT2D eigenvalue weighted by Gasteiger charge is -2.37. The normalized spacial score (nSPS) is 21.9. The number of halogens is 1. The number of nitrogens with one attached hydrogen (secondary N) is 1. The summed E-state index contributed by atoms with van der Waals surface area (Å²) >= 11 is 0. The molecule has 28 heavy (non-hydrogen) atoms. The molecule has 1 N–H and O–H groups in total. The number of benzene rings is 1. The van der Waals surface area contributed by atoms with Crippen LogP contribution in [0.1, 0.15) is 31.2 Å². The Morgan fingerprint density at radius 3 is 2.36 bits per heavy atom. The van der Waals surface area contributed by atoms with E-state index in [2.05, 4.69) is 5.32 Å². The van der Waals surface area contributed by atoms with E-state index in [4.69, 9.17) is 0 Å². The van der Waals surface area contributed by atoms with Crippen molar-refractivity contribution in [2.24, 2.45) is 11.8 Å². The first-order chi connectivity index (χ1) is 12.9. The predicted molar refractivity (Wildman–Crippen MR) is 113 cm³/mol. The molecule has 2 heterocycles. The first-order valence-corrected chi connectivity index (χ1v) is 11.4. The van der Waals surface area contributed by atoms with E-state index in [1.807, 2.05) is 31.0 Å². The molecule has 0 spiro atoms. The average Bonchev–Trinajstić information content (AvgIpc) is 2.68. The molecule has 1 atom stereocenters. The minimum absolute atomic E-state index is 0. The second-order valence-corrected chi connectivity index (χ2v) is 9.78. The van der Waals surface area contributed by atoms with Crippen molar-refractivity contribution < 1.29 is 13.2 Å². The molecule has 1 aromatic carbocycles. The summed E-state index contributed by atoms with van der Waals surface area (Å²) in [4.78, 5) is 15.2. The maximum Gasteiger partial charge on any atom is 0.243 e. The molecule has 1 amide bonds. The minimum Gasteiger partial charge on any atom is -0.342 e. The lowest BCUT2D eigenvalue weighted by molar-refractivity contribution is -0.138. The Balaban J connectivity index is 0.00000280. The van der Waals surface area contributed by atoms with Crippen LogP contribution in [0.2, 0.25) is 0 Å². The molecule has 2 aliphatic heterocycles. The van der Waals surface area contributed by atoms with Crippen LogP contribution in [-0.2, 0) is 14.8 Å². The van der Waals surface area contributed by atoms with E-state index in [1.54, 1.807) is 12.1 Å². The SMILES string of the molecule is CNCC1CCCN(C(=O)C2CCN(S(=O)(=O)c3ccc(C)cc3)CC2)C1.Cl. The van der Waals surface area contributed by atoms with Crippen molar-refractivity contribution >= 4 is 28.3 Å². The number of rotatable bonds is 5. The van der Waals surface area contributed by atoms with Crippen LogP contribution in [0.4, 0.5) is 0 Å². The predicted octanol–water partition coefficient (Wildman–Crippen LogP) is 2.28. The zero-order valence-corrected chi connectivity index (χ0v) is 18.4. The van der Waals surface area contributed by atoms with Crippen LogP contribution in [0.3, 0.4) is 0 Å². The minimum atomic E-state index is -3.47. The van der Waals surface area contributed by atoms with Gasteiger partial charge in [-0.1, -0.05) is 17.7 Å². The quantitative estimate of drug-likeness (QED) is 0.779. The molecule has 8 heteroatoms. The third-order valence-electron chi connectivity index (χ3n) is 5.79. The molecule has 1 aromatic rings. The summed E-state index contributed by atoms with van der Waals surface area (Å²) < 4.78 is 27.2. The van der Waals surface area contributed by atoms with Gasteiger partial charge in [-0.05, 0) is 64.3 Å². The summed E-state index contributed by atoms with van der Waals surface area (Å²) in [7, 11) is -1.52. The highest BCUT2D eigenvalue weighted by Crippen LogP contribution is 2.27. The summed E-state index contributed by atoms with van der Waals surface area (Å²) in [5.74, 6) is 0.681. The van der Waals surface area contributed by atoms with Crippen LogP contribution in [0.25, 0.3) is 0 Å². The molecule has 2 fully saturated rings. The highest BCUT2D eigenvalue weighted by molar-refractivity contribution is 7.89. The number of amides is 1. The number of aryl methyl sites for hydroxylation is 1. The Kier molecular flexibility index (Phi) is 8.30. The van der Waals surface area contributed by atoms with E-state index < -0.39 is 10.0 Å². The zero-order chi connectivity index (χ0) is 19.4. The molecule has 6 nitrogen and oxygen atoms in total. The fourth-order valence-corrected chi connectivity index (χ4v) is 5.65. The van der Waals surface area contributed by atoms with Crippen molar-refractivity contribution in [2.45, 2.75) is 37.5 Å². The number of sulfonamides is 1. The third-order valence-corrected chi connectivity index (χ3v) is 7.70. The van der Waals surface area contributed by atoms with Gasteiger partial charge < -0.3 is 10.2 Å². The first-order valence-electron chi connectivity index (χ1n) is 9.92. The second-order valence-electron chi connectivity index (χ2n) is 7.84. The highest BCUT2D eigenvalue weighted by Gasteiger charge is 2.35. The van der Waals surface area contributed by atoms with E-state index in [-0.39, 0.29) is 24.2 Å². The molecule has 0 aromatic heterocycles. The number of nitrogens with zero attached hydrogens (tertiary/aromatic N) is 2. The van der Waals surface area contributed by atoms with E-state index in [9.17, 15) is 13.2 Å². The van der Waals surface area contributed by atoms with Gasteiger partial charge in [-0.15, -0.1) is 12.4 Å². The van der Waals surface area contributed by atoms with E-state index in [1.165, 1.54) is 4.31 Å². The van der Waals surface area contributed by atoms with Gasteiger partial charge in [0.25, 0.3) is 0 Å². The Labute approximate surface area is 175 Å². The standard InChI is InChI=1S/C20H31N3O3S.ClH/c1-16-5-7-19(8-6-16)27(25,26)23-12-9-18(10-13-23)20(24)22-11-3-4-17(15-22)14-21-2;/h5-8,17-18,21H,3-4,9-15H2,1-2H3;1H. The topological polar surface area (TPSA) is 69.7 Å². The number of hydrogen-bond acceptors (Lipinski definition) is 4. The zero-order valence-electron chi connectivity index (χ0n) is 16.8. The Morgan fingerprint density at radius 1 is 1.11 bits per heavy atom. The maximum atomic E-state index is 12.9. The first kappa shape index (κ1) is 23.1. The van der Waals surface area contributed by atoms with Gasteiger partial charge in [0.15, 0.2) is 0 Å². The van der Waals surface area contributed by atoms with Crippen molar-refractivity contribution in [3.05, 3.63) is 29.8 Å². The largest absolute Gasteiger partial charge is 0.342 e. The number of hydrogen-bond donors (Lipinski definition) is 1. The molecule has 0 saturated carbocycles. The van der Waals surface area contributed by atoms with Crippen molar-refractivity contribution in [3.8, 4) is 0 Å². The van der Waals surface area contributed by atoms with Crippen LogP contribution in [0, 0.1) is 18.8 Å². The molecular formula is C20H32ClN3O3S. The van der Waals surface area contributed by atoms with E-state index in [0.717, 1.165) is 38.0 Å². The van der Waals surface area contributed by atoms with Crippen LogP contribution in [-0.4, -0.2) is 63.3 Å². The van der Waals surface area contributed by atoms with Gasteiger partial charge in [0.2, 0.25) is 15.9 Å². The molecular weight excluding hydrogens is 398 g/mol. The third kappa shape index (κ3) is 5.26. The maximum absolute atomic E-state index is 12.9. The highest BCUT2D eigenvalue weighted by atomic mass is 35.5. The number of piperidine rings is 2. The number of carbonyl (C=O) groups excluding carboxylic acids is 1. The fraction of sp³-hybridized carbons (Fsp3) is 0.650. The molecule has 0 bridgehead atoms. The summed E-state index contributed by atoms with van der Waals surface area (Å²) in [6.45, 7) is 5.37. The van der Waals surface area contributed by atoms with Gasteiger partial charge in [0.1, 0.15) is 0 Å². The summed E-state index contributed by atoms with van der Waals surface area (Å²) in [5, 5.41) is 3.21. The van der Waals surface area contributed by atoms with Crippen LogP contribution >= 0.6 is 12.4 Å². The van der Waals surface area contributed by atoms with Gasteiger partial charge in [-0.2, -0.15) is 4.31 Å². The fourth-order valence-electron chi connectivity index (χ4n) is 4.18. The molecule has 2 saturated heterocycles. The van der Waals surface area contributed by atoms with Crippen molar-refractivity contribution in [2.75, 3.05) is 39.8 Å². The summed E-state index contributed by atoms with van der Waals surface area (Å²) in [6, 6.07) is 6.97. The Morgan fingerprint density at radius 2 is 1.75 bits per heavy atom. The number of carbonyl (C=O) groups is 1. The van der Waals surface area contributed by atoms with E-state index in [0.29, 0.717) is 36.7 Å². The smallest absolute Gasteiger partial charge is 0.243 e. The molecule has 2 aliphatic rings. The van der Waals surface area contributed by atoms with Crippen LogP contribution < -0.4 is 5.32 Å². The molecule has 3 rings (SSSR count).